The van der Waals surface area contributed by atoms with Crippen molar-refractivity contribution >= 4 is 28.6 Å². The van der Waals surface area contributed by atoms with Crippen LogP contribution in [0.15, 0.2) is 78.0 Å². The topological polar surface area (TPSA) is 123 Å². The smallest absolute Gasteiger partial charge is 0.291 e. The van der Waals surface area contributed by atoms with E-state index < -0.39 is 10.8 Å². The van der Waals surface area contributed by atoms with Crippen LogP contribution in [0, 0.1) is 10.1 Å². The maximum absolute atomic E-state index is 12.3. The van der Waals surface area contributed by atoms with Crippen LogP contribution in [0.5, 0.6) is 5.75 Å². The molecule has 9 heteroatoms. The Bertz CT molecular complexity index is 1300. The van der Waals surface area contributed by atoms with Gasteiger partial charge in [0.15, 0.2) is 5.69 Å². The van der Waals surface area contributed by atoms with Crippen molar-refractivity contribution in [3.8, 4) is 5.75 Å². The molecule has 0 fully saturated rings. The molecule has 0 bridgehead atoms. The predicted octanol–water partition coefficient (Wildman–Crippen LogP) is 3.46. The molecule has 1 heterocycles. The summed E-state index contributed by atoms with van der Waals surface area (Å²) in [6, 6.07) is 18.6. The number of nitrogens with one attached hydrogen (secondary N) is 1. The number of nitro groups is 1. The fourth-order valence-corrected chi connectivity index (χ4v) is 3.11. The minimum atomic E-state index is -0.501. The Labute approximate surface area is 176 Å². The molecule has 0 aliphatic rings. The SMILES string of the molecule is O=C(NN=Cc1c(O)ccc2ccccc12)c1ccn(Cc2ccc([N+](=O)[O-])cc2)n1. The Morgan fingerprint density at radius 3 is 2.68 bits per heavy atom. The third kappa shape index (κ3) is 4.40. The molecule has 0 atom stereocenters. The normalized spacial score (nSPS) is 11.1. The summed E-state index contributed by atoms with van der Waals surface area (Å²) in [7, 11) is 0. The van der Waals surface area contributed by atoms with Crippen molar-refractivity contribution in [3.05, 3.63) is 99.9 Å². The second-order valence-electron chi connectivity index (χ2n) is 6.74. The molecule has 0 spiro atoms. The van der Waals surface area contributed by atoms with Gasteiger partial charge in [-0.15, -0.1) is 0 Å². The number of aromatic hydroxyl groups is 1. The number of aromatic nitrogens is 2. The predicted molar refractivity (Wildman–Crippen MR) is 115 cm³/mol. The summed E-state index contributed by atoms with van der Waals surface area (Å²) in [5.74, 6) is -0.442. The molecule has 1 amide bonds. The van der Waals surface area contributed by atoms with E-state index in [2.05, 4.69) is 15.6 Å². The fourth-order valence-electron chi connectivity index (χ4n) is 3.11. The molecule has 4 aromatic rings. The highest BCUT2D eigenvalue weighted by molar-refractivity contribution is 6.03. The standard InChI is InChI=1S/C22H17N5O4/c28-21-10-7-16-3-1-2-4-18(16)19(21)13-23-24-22(29)20-11-12-26(25-20)14-15-5-8-17(9-6-15)27(30)31/h1-13,28H,14H2,(H,24,29). The number of hydrogen-bond acceptors (Lipinski definition) is 6. The number of nitro benzene ring substituents is 1. The Kier molecular flexibility index (Phi) is 5.39. The maximum atomic E-state index is 12.3. The van der Waals surface area contributed by atoms with Gasteiger partial charge in [-0.25, -0.2) is 5.43 Å². The molecule has 0 unspecified atom stereocenters. The third-order valence-corrected chi connectivity index (χ3v) is 4.67. The lowest BCUT2D eigenvalue weighted by Gasteiger charge is -2.04. The first-order valence-electron chi connectivity index (χ1n) is 9.32. The van der Waals surface area contributed by atoms with Crippen molar-refractivity contribution in [2.75, 3.05) is 0 Å². The summed E-state index contributed by atoms with van der Waals surface area (Å²) in [5, 5.41) is 30.8. The van der Waals surface area contributed by atoms with E-state index in [4.69, 9.17) is 0 Å². The maximum Gasteiger partial charge on any atom is 0.291 e. The average molecular weight is 415 g/mol. The molecule has 0 aliphatic heterocycles. The summed E-state index contributed by atoms with van der Waals surface area (Å²) < 4.78 is 1.55. The van der Waals surface area contributed by atoms with Crippen molar-refractivity contribution in [1.82, 2.24) is 15.2 Å². The summed E-state index contributed by atoms with van der Waals surface area (Å²) in [6.45, 7) is 0.360. The van der Waals surface area contributed by atoms with Crippen LogP contribution >= 0.6 is 0 Å². The van der Waals surface area contributed by atoms with Crippen molar-refractivity contribution in [2.24, 2.45) is 5.10 Å². The molecule has 154 valence electrons. The van der Waals surface area contributed by atoms with Gasteiger partial charge in [-0.1, -0.05) is 42.5 Å². The molecule has 1 aromatic heterocycles. The number of fused-ring (bicyclic) bond motifs is 1. The zero-order valence-electron chi connectivity index (χ0n) is 16.2. The van der Waals surface area contributed by atoms with Crippen LogP contribution in [0.4, 0.5) is 5.69 Å². The summed E-state index contributed by atoms with van der Waals surface area (Å²) in [5.41, 5.74) is 3.90. The minimum absolute atomic E-state index is 0.0133. The van der Waals surface area contributed by atoms with E-state index in [1.807, 2.05) is 24.3 Å². The van der Waals surface area contributed by atoms with Gasteiger partial charge in [0.05, 0.1) is 17.7 Å². The lowest BCUT2D eigenvalue weighted by Crippen LogP contribution is -2.18. The molecule has 3 aromatic carbocycles. The number of nitrogens with zero attached hydrogens (tertiary/aromatic N) is 4. The summed E-state index contributed by atoms with van der Waals surface area (Å²) >= 11 is 0. The van der Waals surface area contributed by atoms with Crippen LogP contribution in [0.1, 0.15) is 21.6 Å². The fraction of sp³-hybridized carbons (Fsp3) is 0.0455. The zero-order chi connectivity index (χ0) is 21.8. The van der Waals surface area contributed by atoms with Crippen LogP contribution in [-0.2, 0) is 6.54 Å². The van der Waals surface area contributed by atoms with Crippen LogP contribution in [0.2, 0.25) is 0 Å². The van der Waals surface area contributed by atoms with E-state index in [1.165, 1.54) is 18.3 Å². The molecule has 4 rings (SSSR count). The van der Waals surface area contributed by atoms with Crippen molar-refractivity contribution in [1.29, 1.82) is 0 Å². The Hall–Kier alpha value is -4.53. The van der Waals surface area contributed by atoms with Gasteiger partial charge in [-0.05, 0) is 28.5 Å². The lowest BCUT2D eigenvalue weighted by molar-refractivity contribution is -0.384. The van der Waals surface area contributed by atoms with Crippen molar-refractivity contribution in [3.63, 3.8) is 0 Å². The van der Waals surface area contributed by atoms with Gasteiger partial charge < -0.3 is 5.11 Å². The Morgan fingerprint density at radius 1 is 1.13 bits per heavy atom. The number of phenolic OH excluding ortho intramolecular Hbond substituents is 1. The second kappa shape index (κ2) is 8.46. The van der Waals surface area contributed by atoms with Crippen LogP contribution in [-0.4, -0.2) is 31.9 Å². The number of benzene rings is 3. The van der Waals surface area contributed by atoms with E-state index in [0.717, 1.165) is 16.3 Å². The number of hydrogen-bond donors (Lipinski definition) is 2. The summed E-state index contributed by atoms with van der Waals surface area (Å²) in [4.78, 5) is 22.6. The molecule has 0 aliphatic carbocycles. The number of carbonyl (C=O) groups excluding carboxylic acids is 1. The lowest BCUT2D eigenvalue weighted by atomic mass is 10.0. The van der Waals surface area contributed by atoms with Crippen LogP contribution < -0.4 is 5.43 Å². The van der Waals surface area contributed by atoms with Gasteiger partial charge >= 0.3 is 0 Å². The van der Waals surface area contributed by atoms with Crippen LogP contribution in [0.3, 0.4) is 0 Å². The summed E-state index contributed by atoms with van der Waals surface area (Å²) in [6.07, 6.45) is 3.03. The number of carbonyl (C=O) groups is 1. The Morgan fingerprint density at radius 2 is 1.90 bits per heavy atom. The van der Waals surface area contributed by atoms with Crippen molar-refractivity contribution in [2.45, 2.75) is 6.54 Å². The first-order valence-corrected chi connectivity index (χ1v) is 9.32. The van der Waals surface area contributed by atoms with Gasteiger partial charge in [0.25, 0.3) is 11.6 Å². The Balaban J connectivity index is 1.43. The number of hydrazone groups is 1. The highest BCUT2D eigenvalue weighted by Crippen LogP contribution is 2.25. The minimum Gasteiger partial charge on any atom is -0.507 e. The van der Waals surface area contributed by atoms with Gasteiger partial charge in [0.2, 0.25) is 0 Å². The van der Waals surface area contributed by atoms with Gasteiger partial charge in [-0.3, -0.25) is 19.6 Å². The number of rotatable bonds is 6. The second-order valence-corrected chi connectivity index (χ2v) is 6.74. The van der Waals surface area contributed by atoms with Gasteiger partial charge in [0, 0.05) is 23.9 Å². The van der Waals surface area contributed by atoms with E-state index in [1.54, 1.807) is 41.2 Å². The molecule has 0 radical (unpaired) electrons. The van der Waals surface area contributed by atoms with Crippen molar-refractivity contribution < 1.29 is 14.8 Å². The molecule has 0 saturated heterocycles. The van der Waals surface area contributed by atoms with Gasteiger partial charge in [0.1, 0.15) is 5.75 Å². The molecule has 9 nitrogen and oxygen atoms in total. The average Bonchev–Trinajstić information content (AvgIpc) is 3.24. The largest absolute Gasteiger partial charge is 0.507 e. The van der Waals surface area contributed by atoms with Crippen LogP contribution in [0.25, 0.3) is 10.8 Å². The first-order chi connectivity index (χ1) is 15.0. The number of non-ortho nitro benzene ring substituents is 1. The van der Waals surface area contributed by atoms with Gasteiger partial charge in [-0.2, -0.15) is 10.2 Å². The molecular weight excluding hydrogens is 398 g/mol. The quantitative estimate of drug-likeness (QED) is 0.284. The molecule has 31 heavy (non-hydrogen) atoms. The number of phenols is 1. The van der Waals surface area contributed by atoms with E-state index in [-0.39, 0.29) is 17.1 Å². The zero-order valence-corrected chi connectivity index (χ0v) is 16.2. The van der Waals surface area contributed by atoms with E-state index in [0.29, 0.717) is 12.1 Å². The van der Waals surface area contributed by atoms with E-state index >= 15 is 0 Å². The molecule has 0 saturated carbocycles. The third-order valence-electron chi connectivity index (χ3n) is 4.67. The molecular formula is C22H17N5O4. The highest BCUT2D eigenvalue weighted by atomic mass is 16.6. The first kappa shape index (κ1) is 19.8. The monoisotopic (exact) mass is 415 g/mol. The highest BCUT2D eigenvalue weighted by Gasteiger charge is 2.10. The van der Waals surface area contributed by atoms with E-state index in [9.17, 15) is 20.0 Å². The molecule has 2 N–H and O–H groups in total. The number of amides is 1.